The summed E-state index contributed by atoms with van der Waals surface area (Å²) in [7, 11) is -25.0. The third-order valence-corrected chi connectivity index (χ3v) is 8.64. The second-order valence-electron chi connectivity index (χ2n) is 10.9. The summed E-state index contributed by atoms with van der Waals surface area (Å²) < 4.78 is 123. The van der Waals surface area contributed by atoms with Crippen molar-refractivity contribution in [2.45, 2.75) is 36.6 Å². The molecule has 0 aliphatic heterocycles. The average molecular weight is 980 g/mol. The highest BCUT2D eigenvalue weighted by atomic mass is 31.2. The Hall–Kier alpha value is 0.0200. The fourth-order valence-corrected chi connectivity index (χ4v) is 6.68. The largest absolute Gasteiger partial charge is 0.790 e. The SMILES string of the molecule is COCCOCCOCCOCCOCCOCCOCCOCCOCCOC1C(O[O-])C(OP(=O)([O-])[O-])C(OP(=O)([O-])[O-])C(OP(=O)([O-])[O-])C1OP(=O)([O-])[O-].O=P[O-]. The second kappa shape index (κ2) is 34.4. The molecule has 0 spiro atoms. The fraction of sp³-hybridized carbons (Fsp3) is 1.00. The van der Waals surface area contributed by atoms with Gasteiger partial charge in [-0.15, -0.1) is 0 Å². The number of ether oxygens (including phenoxy) is 10. The maximum Gasteiger partial charge on any atom is 0.121 e. The van der Waals surface area contributed by atoms with Crippen molar-refractivity contribution in [3.8, 4) is 0 Å². The maximum absolute atomic E-state index is 11.6. The van der Waals surface area contributed by atoms with Gasteiger partial charge in [0.15, 0.2) is 0 Å². The van der Waals surface area contributed by atoms with Crippen molar-refractivity contribution in [2.24, 2.45) is 0 Å². The van der Waals surface area contributed by atoms with Crippen LogP contribution in [0.3, 0.4) is 0 Å². The lowest BCUT2D eigenvalue weighted by Crippen LogP contribution is -2.68. The quantitative estimate of drug-likeness (QED) is 0.0241. The van der Waals surface area contributed by atoms with Crippen molar-refractivity contribution in [3.05, 3.63) is 0 Å². The van der Waals surface area contributed by atoms with Crippen LogP contribution in [-0.2, 0) is 93.2 Å². The lowest BCUT2D eigenvalue weighted by molar-refractivity contribution is -0.710. The van der Waals surface area contributed by atoms with Crippen LogP contribution in [0.15, 0.2) is 0 Å². The third kappa shape index (κ3) is 33.5. The molecule has 360 valence electrons. The first-order valence-electron chi connectivity index (χ1n) is 17.0. The molecule has 0 aromatic heterocycles. The van der Waals surface area contributed by atoms with Gasteiger partial charge >= 0.3 is 0 Å². The lowest BCUT2D eigenvalue weighted by atomic mass is 9.85. The van der Waals surface area contributed by atoms with Crippen LogP contribution >= 0.6 is 40.0 Å². The van der Waals surface area contributed by atoms with Gasteiger partial charge in [-0.2, -0.15) is 0 Å². The standard InChI is InChI=1S/C25H54O28P4.HO2P/c1-39-2-3-40-4-5-41-6-7-42-8-9-43-10-11-44-12-13-45-14-15-46-16-17-47-18-19-48-20-21(49-26)23(51-55(30,31)32)25(53-57(36,37)38)24(52-56(33,34)35)22(20)50-54(27,28)29;1-3-2/h20-26H,2-19H2,1H3,(H2,27,28,29)(H2,30,31,32)(H2,33,34,35)(H2,36,37,38);(H,1,2)/p-10. The molecule has 1 saturated carbocycles. The Morgan fingerprint density at radius 2 is 0.583 bits per heavy atom. The summed E-state index contributed by atoms with van der Waals surface area (Å²) in [5.74, 6) is 0. The van der Waals surface area contributed by atoms with Gasteiger partial charge in [-0.1, -0.05) is 0 Å². The monoisotopic (exact) mass is 980 g/mol. The average Bonchev–Trinajstić information content (AvgIpc) is 3.12. The van der Waals surface area contributed by atoms with Crippen LogP contribution in [0.2, 0.25) is 0 Å². The molecule has 1 rings (SSSR count). The first kappa shape index (κ1) is 60.0. The summed E-state index contributed by atoms with van der Waals surface area (Å²) in [6.07, 6.45) is -17.3. The number of phosphoric acid groups is 4. The number of hydrogen-bond donors (Lipinski definition) is 0. The Labute approximate surface area is 344 Å². The van der Waals surface area contributed by atoms with E-state index in [0.29, 0.717) is 66.1 Å². The predicted octanol–water partition coefficient (Wildman–Crippen LogP) is -8.77. The van der Waals surface area contributed by atoms with E-state index < -0.39 is 89.8 Å². The van der Waals surface area contributed by atoms with E-state index in [0.717, 1.165) is 0 Å². The van der Waals surface area contributed by atoms with Crippen molar-refractivity contribution in [1.82, 2.24) is 0 Å². The highest BCUT2D eigenvalue weighted by Gasteiger charge is 2.55. The van der Waals surface area contributed by atoms with Crippen molar-refractivity contribution >= 4 is 40.0 Å². The predicted molar refractivity (Wildman–Crippen MR) is 171 cm³/mol. The topological polar surface area (TPSA) is 454 Å². The molecule has 0 saturated heterocycles. The molecule has 1 aliphatic carbocycles. The van der Waals surface area contributed by atoms with Gasteiger partial charge < -0.3 is 138 Å². The van der Waals surface area contributed by atoms with Gasteiger partial charge in [0, 0.05) is 7.11 Å². The highest BCUT2D eigenvalue weighted by Crippen LogP contribution is 2.48. The van der Waals surface area contributed by atoms with Crippen LogP contribution in [0.5, 0.6) is 0 Å². The summed E-state index contributed by atoms with van der Waals surface area (Å²) in [6.45, 7) is 3.80. The first-order chi connectivity index (χ1) is 28.2. The van der Waals surface area contributed by atoms with Crippen molar-refractivity contribution in [2.75, 3.05) is 126 Å². The zero-order chi connectivity index (χ0) is 45.5. The van der Waals surface area contributed by atoms with Gasteiger partial charge in [0.1, 0.15) is 36.6 Å². The Morgan fingerprint density at radius 3 is 0.800 bits per heavy atom. The van der Waals surface area contributed by atoms with E-state index in [1.165, 1.54) is 0 Å². The normalized spacial score (nSPS) is 21.6. The van der Waals surface area contributed by atoms with Crippen LogP contribution in [0.4, 0.5) is 0 Å². The molecule has 0 aromatic rings. The van der Waals surface area contributed by atoms with E-state index in [-0.39, 0.29) is 39.6 Å². The van der Waals surface area contributed by atoms with E-state index >= 15 is 0 Å². The molecule has 30 nitrogen and oxygen atoms in total. The van der Waals surface area contributed by atoms with E-state index in [9.17, 15) is 62.7 Å². The van der Waals surface area contributed by atoms with Gasteiger partial charge in [0.25, 0.3) is 0 Å². The summed E-state index contributed by atoms with van der Waals surface area (Å²) in [5.41, 5.74) is 0. The third-order valence-electron chi connectivity index (χ3n) is 6.63. The molecule has 1 aliphatic rings. The zero-order valence-corrected chi connectivity index (χ0v) is 36.1. The number of phosphoric ester groups is 4. The highest BCUT2D eigenvalue weighted by molar-refractivity contribution is 7.44. The lowest BCUT2D eigenvalue weighted by Gasteiger charge is -2.56. The summed E-state index contributed by atoms with van der Waals surface area (Å²) >= 11 is 0. The van der Waals surface area contributed by atoms with E-state index in [2.05, 4.69) is 23.0 Å². The maximum atomic E-state index is 11.6. The Bertz CT molecular complexity index is 1260. The molecule has 6 unspecified atom stereocenters. The van der Waals surface area contributed by atoms with Gasteiger partial charge in [-0.3, -0.25) is 4.57 Å². The molecular formula is C25H45O30P5-10. The molecule has 35 heteroatoms. The fourth-order valence-electron chi connectivity index (χ4n) is 4.52. The number of rotatable bonds is 37. The van der Waals surface area contributed by atoms with Gasteiger partial charge in [0.2, 0.25) is 0 Å². The molecule has 1 fully saturated rings. The minimum Gasteiger partial charge on any atom is -0.790 e. The van der Waals surface area contributed by atoms with Gasteiger partial charge in [0.05, 0.1) is 159 Å². The number of methoxy groups -OCH3 is 1. The smallest absolute Gasteiger partial charge is 0.121 e. The molecule has 0 heterocycles. The Balaban J connectivity index is 0.0000112. The summed E-state index contributed by atoms with van der Waals surface area (Å²) in [6, 6.07) is 0. The summed E-state index contributed by atoms with van der Waals surface area (Å²) in [4.78, 5) is 103. The van der Waals surface area contributed by atoms with Crippen molar-refractivity contribution < 1.29 is 142 Å². The van der Waals surface area contributed by atoms with Crippen LogP contribution in [0.25, 0.3) is 0 Å². The van der Waals surface area contributed by atoms with Crippen molar-refractivity contribution in [3.63, 3.8) is 0 Å². The molecule has 60 heavy (non-hydrogen) atoms. The molecule has 0 N–H and O–H groups in total. The van der Waals surface area contributed by atoms with Crippen LogP contribution in [-0.4, -0.2) is 163 Å². The van der Waals surface area contributed by atoms with Gasteiger partial charge in [-0.05, 0) is 0 Å². The van der Waals surface area contributed by atoms with Crippen LogP contribution < -0.4 is 49.3 Å². The molecule has 0 radical (unpaired) electrons. The van der Waals surface area contributed by atoms with E-state index in [4.69, 9.17) is 56.8 Å². The van der Waals surface area contributed by atoms with Gasteiger partial charge in [-0.25, -0.2) is 0 Å². The minimum atomic E-state index is -6.42. The molecule has 0 aromatic carbocycles. The Morgan fingerprint density at radius 1 is 0.383 bits per heavy atom. The van der Waals surface area contributed by atoms with Crippen LogP contribution in [0.1, 0.15) is 0 Å². The molecule has 0 bridgehead atoms. The number of hydrogen-bond acceptors (Lipinski definition) is 30. The van der Waals surface area contributed by atoms with E-state index in [1.54, 1.807) is 7.11 Å². The Kier molecular flexibility index (Phi) is 34.4. The van der Waals surface area contributed by atoms with Crippen molar-refractivity contribution in [1.29, 1.82) is 0 Å². The molecule has 6 atom stereocenters. The first-order valence-corrected chi connectivity index (χ1v) is 23.5. The van der Waals surface area contributed by atoms with Crippen LogP contribution in [0, 0.1) is 0 Å². The minimum absolute atomic E-state index is 0.0188. The van der Waals surface area contributed by atoms with E-state index in [1.807, 2.05) is 0 Å². The molecule has 0 amide bonds. The zero-order valence-electron chi connectivity index (χ0n) is 31.7. The second-order valence-corrected chi connectivity index (χ2v) is 15.5. The summed E-state index contributed by atoms with van der Waals surface area (Å²) in [5, 5.41) is 11.6. The molecular weight excluding hydrogens is 935 g/mol.